The summed E-state index contributed by atoms with van der Waals surface area (Å²) in [6, 6.07) is 15.8. The third kappa shape index (κ3) is 5.80. The Morgan fingerprint density at radius 3 is 2.67 bits per heavy atom. The molecule has 3 aromatic carbocycles. The molecule has 1 atom stereocenters. The van der Waals surface area contributed by atoms with Crippen molar-refractivity contribution < 1.29 is 22.7 Å². The van der Waals surface area contributed by atoms with E-state index in [2.05, 4.69) is 20.2 Å². The first kappa shape index (κ1) is 26.4. The number of hydrogen-bond acceptors (Lipinski definition) is 6. The predicted octanol–water partition coefficient (Wildman–Crippen LogP) is 5.93. The predicted molar refractivity (Wildman–Crippen MR) is 145 cm³/mol. The number of benzene rings is 3. The van der Waals surface area contributed by atoms with Crippen LogP contribution in [0.15, 0.2) is 60.7 Å². The van der Waals surface area contributed by atoms with Gasteiger partial charge in [-0.15, -0.1) is 0 Å². The molecule has 1 saturated heterocycles. The van der Waals surface area contributed by atoms with Gasteiger partial charge < -0.3 is 20.7 Å². The maximum Gasteiger partial charge on any atom is 0.416 e. The van der Waals surface area contributed by atoms with E-state index in [1.54, 1.807) is 18.2 Å². The van der Waals surface area contributed by atoms with E-state index in [4.69, 9.17) is 10.5 Å². The van der Waals surface area contributed by atoms with Crippen LogP contribution in [0.5, 0.6) is 5.75 Å². The van der Waals surface area contributed by atoms with E-state index in [0.717, 1.165) is 42.5 Å². The second-order valence-corrected chi connectivity index (χ2v) is 9.76. The number of amides is 1. The highest BCUT2D eigenvalue weighted by Gasteiger charge is 2.32. The highest BCUT2D eigenvalue weighted by atomic mass is 19.4. The summed E-state index contributed by atoms with van der Waals surface area (Å²) in [6.07, 6.45) is -2.67. The Bertz CT molecular complexity index is 1540. The average Bonchev–Trinajstić information content (AvgIpc) is 3.31. The van der Waals surface area contributed by atoms with Crippen molar-refractivity contribution in [3.05, 3.63) is 77.4 Å². The Labute approximate surface area is 223 Å². The first-order chi connectivity index (χ1) is 18.6. The summed E-state index contributed by atoms with van der Waals surface area (Å²) < 4.78 is 46.7. The molecule has 3 N–H and O–H groups in total. The first-order valence-corrected chi connectivity index (χ1v) is 12.6. The molecule has 202 valence electrons. The van der Waals surface area contributed by atoms with E-state index in [1.165, 1.54) is 6.07 Å². The highest BCUT2D eigenvalue weighted by Crippen LogP contribution is 2.35. The van der Waals surface area contributed by atoms with E-state index in [0.29, 0.717) is 16.8 Å². The number of halogens is 3. The Morgan fingerprint density at radius 2 is 1.92 bits per heavy atom. The Hall–Kier alpha value is -4.18. The number of likely N-dealkylation sites (N-methyl/N-ethyl adjacent to an activating group) is 1. The number of alkyl halides is 3. The summed E-state index contributed by atoms with van der Waals surface area (Å²) >= 11 is 0. The second kappa shape index (κ2) is 10.5. The molecule has 1 amide bonds. The van der Waals surface area contributed by atoms with Crippen LogP contribution < -0.4 is 15.8 Å². The molecular formula is C29H28F3N5O2. The summed E-state index contributed by atoms with van der Waals surface area (Å²) in [5, 5.41) is 3.37. The molecule has 1 aliphatic rings. The zero-order valence-corrected chi connectivity index (χ0v) is 21.5. The van der Waals surface area contributed by atoms with Crippen LogP contribution in [0.4, 0.5) is 24.8 Å². The molecule has 0 unspecified atom stereocenters. The molecule has 0 radical (unpaired) electrons. The van der Waals surface area contributed by atoms with E-state index in [-0.39, 0.29) is 35.6 Å². The highest BCUT2D eigenvalue weighted by molar-refractivity contribution is 6.06. The number of carbonyl (C=O) groups excluding carboxylic acids is 1. The molecule has 39 heavy (non-hydrogen) atoms. The lowest BCUT2D eigenvalue weighted by molar-refractivity contribution is -0.137. The van der Waals surface area contributed by atoms with Crippen molar-refractivity contribution in [2.75, 3.05) is 31.2 Å². The molecule has 0 spiro atoms. The smallest absolute Gasteiger partial charge is 0.416 e. The molecule has 7 nitrogen and oxygen atoms in total. The standard InChI is InChI=1S/C29H28F3N5O2/c1-17-9-10-18(12-24(17)26-23-7-3-4-8-25(23)35-28(33)36-26)27(38)34-20-13-19(29(30,31)32)14-22(15-20)39-16-21-6-5-11-37(21)2/h3-4,7-10,12-15,21H,5-6,11,16H2,1-2H3,(H,34,38)(H2,33,35,36)/t21-/m0/s1. The number of rotatable bonds is 6. The molecule has 0 saturated carbocycles. The van der Waals surface area contributed by atoms with Crippen LogP contribution in [-0.4, -0.2) is 47.0 Å². The summed E-state index contributed by atoms with van der Waals surface area (Å²) in [6.45, 7) is 3.07. The van der Waals surface area contributed by atoms with Gasteiger partial charge in [0.2, 0.25) is 5.95 Å². The molecule has 0 bridgehead atoms. The minimum atomic E-state index is -4.60. The minimum absolute atomic E-state index is 0.0107. The Kier molecular flexibility index (Phi) is 7.14. The molecule has 4 aromatic rings. The number of ether oxygens (including phenoxy) is 1. The SMILES string of the molecule is Cc1ccc(C(=O)Nc2cc(OC[C@@H]3CCCN3C)cc(C(F)(F)F)c2)cc1-c1nc(N)nc2ccccc12. The number of fused-ring (bicyclic) bond motifs is 1. The van der Waals surface area contributed by atoms with Gasteiger partial charge >= 0.3 is 6.18 Å². The third-order valence-corrected chi connectivity index (χ3v) is 6.98. The number of nitrogens with zero attached hydrogens (tertiary/aromatic N) is 3. The monoisotopic (exact) mass is 535 g/mol. The maximum atomic E-state index is 13.7. The number of anilines is 2. The van der Waals surface area contributed by atoms with Crippen LogP contribution in [0.2, 0.25) is 0 Å². The van der Waals surface area contributed by atoms with Gasteiger partial charge in [0.1, 0.15) is 12.4 Å². The molecule has 10 heteroatoms. The van der Waals surface area contributed by atoms with Gasteiger partial charge in [0.25, 0.3) is 5.91 Å². The van der Waals surface area contributed by atoms with Gasteiger partial charge in [0.05, 0.1) is 16.8 Å². The maximum absolute atomic E-state index is 13.7. The van der Waals surface area contributed by atoms with Gasteiger partial charge in [-0.3, -0.25) is 4.79 Å². The van der Waals surface area contributed by atoms with Crippen molar-refractivity contribution in [2.45, 2.75) is 32.0 Å². The van der Waals surface area contributed by atoms with Crippen LogP contribution >= 0.6 is 0 Å². The lowest BCUT2D eigenvalue weighted by Crippen LogP contribution is -2.30. The van der Waals surface area contributed by atoms with E-state index in [9.17, 15) is 18.0 Å². The summed E-state index contributed by atoms with van der Waals surface area (Å²) in [7, 11) is 1.97. The molecule has 5 rings (SSSR count). The number of carbonyl (C=O) groups is 1. The van der Waals surface area contributed by atoms with Gasteiger partial charge in [-0.1, -0.05) is 24.3 Å². The molecule has 1 aliphatic heterocycles. The molecule has 0 aliphatic carbocycles. The summed E-state index contributed by atoms with van der Waals surface area (Å²) in [5.41, 5.74) is 8.03. The number of nitrogens with two attached hydrogens (primary N) is 1. The van der Waals surface area contributed by atoms with Gasteiger partial charge in [0, 0.05) is 34.3 Å². The van der Waals surface area contributed by atoms with Gasteiger partial charge in [0.15, 0.2) is 0 Å². The molecule has 1 fully saturated rings. The van der Waals surface area contributed by atoms with Crippen LogP contribution in [0.25, 0.3) is 22.2 Å². The zero-order valence-electron chi connectivity index (χ0n) is 21.5. The van der Waals surface area contributed by atoms with Crippen molar-refractivity contribution in [1.29, 1.82) is 0 Å². The second-order valence-electron chi connectivity index (χ2n) is 9.76. The number of aromatic nitrogens is 2. The normalized spacial score (nSPS) is 16.0. The number of para-hydroxylation sites is 1. The lowest BCUT2D eigenvalue weighted by atomic mass is 9.99. The van der Waals surface area contributed by atoms with Crippen molar-refractivity contribution in [2.24, 2.45) is 0 Å². The fraction of sp³-hybridized carbons (Fsp3) is 0.276. The molecular weight excluding hydrogens is 507 g/mol. The van der Waals surface area contributed by atoms with Crippen LogP contribution in [-0.2, 0) is 6.18 Å². The average molecular weight is 536 g/mol. The fourth-order valence-corrected chi connectivity index (χ4v) is 4.82. The molecule has 2 heterocycles. The summed E-state index contributed by atoms with van der Waals surface area (Å²) in [4.78, 5) is 24.0. The van der Waals surface area contributed by atoms with Gasteiger partial charge in [-0.05, 0) is 69.3 Å². The fourth-order valence-electron chi connectivity index (χ4n) is 4.82. The molecule has 1 aromatic heterocycles. The zero-order chi connectivity index (χ0) is 27.7. The Balaban J connectivity index is 1.44. The Morgan fingerprint density at radius 1 is 1.13 bits per heavy atom. The van der Waals surface area contributed by atoms with Crippen molar-refractivity contribution in [3.63, 3.8) is 0 Å². The van der Waals surface area contributed by atoms with Crippen molar-refractivity contribution in [3.8, 4) is 17.0 Å². The quantitative estimate of drug-likeness (QED) is 0.318. The van der Waals surface area contributed by atoms with Crippen LogP contribution in [0, 0.1) is 6.92 Å². The lowest BCUT2D eigenvalue weighted by Gasteiger charge is -2.20. The van der Waals surface area contributed by atoms with Crippen LogP contribution in [0.3, 0.4) is 0 Å². The van der Waals surface area contributed by atoms with E-state index < -0.39 is 17.6 Å². The van der Waals surface area contributed by atoms with E-state index >= 15 is 0 Å². The van der Waals surface area contributed by atoms with Crippen molar-refractivity contribution >= 4 is 28.4 Å². The number of likely N-dealkylation sites (tertiary alicyclic amines) is 1. The van der Waals surface area contributed by atoms with Crippen LogP contribution in [0.1, 0.15) is 34.3 Å². The number of aryl methyl sites for hydroxylation is 1. The summed E-state index contributed by atoms with van der Waals surface area (Å²) in [5.74, 6) is -0.422. The topological polar surface area (TPSA) is 93.4 Å². The first-order valence-electron chi connectivity index (χ1n) is 12.6. The third-order valence-electron chi connectivity index (χ3n) is 6.98. The van der Waals surface area contributed by atoms with E-state index in [1.807, 2.05) is 38.2 Å². The number of nitrogen functional groups attached to an aromatic ring is 1. The number of nitrogens with one attached hydrogen (secondary N) is 1. The van der Waals surface area contributed by atoms with Gasteiger partial charge in [-0.2, -0.15) is 13.2 Å². The minimum Gasteiger partial charge on any atom is -0.492 e. The van der Waals surface area contributed by atoms with Gasteiger partial charge in [-0.25, -0.2) is 9.97 Å². The largest absolute Gasteiger partial charge is 0.492 e. The number of hydrogen-bond donors (Lipinski definition) is 2. The van der Waals surface area contributed by atoms with Crippen molar-refractivity contribution in [1.82, 2.24) is 14.9 Å².